The van der Waals surface area contributed by atoms with E-state index in [9.17, 15) is 4.79 Å². The summed E-state index contributed by atoms with van der Waals surface area (Å²) in [6, 6.07) is 0. The predicted octanol–water partition coefficient (Wildman–Crippen LogP) is -0.139. The van der Waals surface area contributed by atoms with Gasteiger partial charge in [0.05, 0.1) is 13.2 Å². The van der Waals surface area contributed by atoms with Gasteiger partial charge in [-0.15, -0.1) is 0 Å². The minimum atomic E-state index is -0.278. The summed E-state index contributed by atoms with van der Waals surface area (Å²) in [6.07, 6.45) is 1.18. The lowest BCUT2D eigenvalue weighted by Gasteiger charge is -2.18. The molecule has 1 fully saturated rings. The lowest BCUT2D eigenvalue weighted by atomic mass is 10.4. The zero-order valence-electron chi connectivity index (χ0n) is 10.0. The van der Waals surface area contributed by atoms with Gasteiger partial charge in [0.2, 0.25) is 0 Å². The molecule has 0 saturated carbocycles. The monoisotopic (exact) mass is 230 g/mol. The Balaban J connectivity index is 1.99. The first-order valence-corrected chi connectivity index (χ1v) is 5.99. The predicted molar refractivity (Wildman–Crippen MR) is 61.4 cm³/mol. The van der Waals surface area contributed by atoms with Crippen LogP contribution in [-0.4, -0.2) is 63.4 Å². The number of carbonyl (C=O) groups excluding carboxylic acids is 1. The number of hydrogen-bond acceptors (Lipinski definition) is 5. The van der Waals surface area contributed by atoms with Gasteiger partial charge in [-0.25, -0.2) is 4.79 Å². The van der Waals surface area contributed by atoms with Gasteiger partial charge in [0, 0.05) is 19.6 Å². The average molecular weight is 230 g/mol. The third-order valence-corrected chi connectivity index (χ3v) is 2.51. The fraction of sp³-hybridized carbons (Fsp3) is 0.909. The van der Waals surface area contributed by atoms with Crippen molar-refractivity contribution in [3.05, 3.63) is 0 Å². The Morgan fingerprint density at radius 1 is 1.38 bits per heavy atom. The van der Waals surface area contributed by atoms with Crippen LogP contribution in [0, 0.1) is 0 Å². The minimum Gasteiger partial charge on any atom is -0.464 e. The van der Waals surface area contributed by atoms with Gasteiger partial charge >= 0.3 is 5.97 Å². The van der Waals surface area contributed by atoms with Gasteiger partial charge in [0.25, 0.3) is 0 Å². The van der Waals surface area contributed by atoms with E-state index in [0.29, 0.717) is 13.2 Å². The van der Waals surface area contributed by atoms with E-state index in [1.54, 1.807) is 6.92 Å². The Morgan fingerprint density at radius 3 is 3.06 bits per heavy atom. The molecule has 0 amide bonds. The van der Waals surface area contributed by atoms with E-state index in [1.165, 1.54) is 6.42 Å². The SMILES string of the molecule is CCOC(=O)COCCN1CCCNCC1. The van der Waals surface area contributed by atoms with Crippen molar-refractivity contribution in [2.45, 2.75) is 13.3 Å². The molecule has 1 N–H and O–H groups in total. The molecular weight excluding hydrogens is 208 g/mol. The Labute approximate surface area is 97.1 Å². The lowest BCUT2D eigenvalue weighted by molar-refractivity contribution is -0.148. The van der Waals surface area contributed by atoms with Crippen molar-refractivity contribution in [1.82, 2.24) is 10.2 Å². The molecule has 0 radical (unpaired) electrons. The molecular formula is C11H22N2O3. The first-order chi connectivity index (χ1) is 7.83. The van der Waals surface area contributed by atoms with Crippen LogP contribution < -0.4 is 5.32 Å². The molecule has 0 aliphatic carbocycles. The minimum absolute atomic E-state index is 0.0694. The molecule has 5 nitrogen and oxygen atoms in total. The second-order valence-corrected chi connectivity index (χ2v) is 3.80. The second-order valence-electron chi connectivity index (χ2n) is 3.80. The number of nitrogens with zero attached hydrogens (tertiary/aromatic N) is 1. The second kappa shape index (κ2) is 8.50. The van der Waals surface area contributed by atoms with Gasteiger partial charge in [-0.1, -0.05) is 0 Å². The van der Waals surface area contributed by atoms with Gasteiger partial charge in [0.1, 0.15) is 6.61 Å². The number of hydrogen-bond donors (Lipinski definition) is 1. The van der Waals surface area contributed by atoms with Crippen molar-refractivity contribution >= 4 is 5.97 Å². The van der Waals surface area contributed by atoms with Gasteiger partial charge < -0.3 is 14.8 Å². The topological polar surface area (TPSA) is 50.8 Å². The largest absolute Gasteiger partial charge is 0.464 e. The van der Waals surface area contributed by atoms with Crippen LogP contribution in [0.2, 0.25) is 0 Å². The number of carbonyl (C=O) groups is 1. The van der Waals surface area contributed by atoms with E-state index in [2.05, 4.69) is 10.2 Å². The van der Waals surface area contributed by atoms with Crippen LogP contribution in [0.3, 0.4) is 0 Å². The summed E-state index contributed by atoms with van der Waals surface area (Å²) in [4.78, 5) is 13.3. The van der Waals surface area contributed by atoms with Gasteiger partial charge in [0.15, 0.2) is 0 Å². The van der Waals surface area contributed by atoms with E-state index in [-0.39, 0.29) is 12.6 Å². The van der Waals surface area contributed by atoms with Crippen LogP contribution in [0.1, 0.15) is 13.3 Å². The average Bonchev–Trinajstić information content (AvgIpc) is 2.53. The van der Waals surface area contributed by atoms with Crippen molar-refractivity contribution in [1.29, 1.82) is 0 Å². The summed E-state index contributed by atoms with van der Waals surface area (Å²) in [5.74, 6) is -0.278. The molecule has 1 rings (SSSR count). The summed E-state index contributed by atoms with van der Waals surface area (Å²) in [6.45, 7) is 8.07. The normalized spacial score (nSPS) is 18.1. The lowest BCUT2D eigenvalue weighted by Crippen LogP contribution is -2.31. The van der Waals surface area contributed by atoms with Crippen LogP contribution in [0.25, 0.3) is 0 Å². The smallest absolute Gasteiger partial charge is 0.332 e. The van der Waals surface area contributed by atoms with Crippen molar-refractivity contribution < 1.29 is 14.3 Å². The van der Waals surface area contributed by atoms with Gasteiger partial charge in [-0.2, -0.15) is 0 Å². The van der Waals surface area contributed by atoms with Crippen LogP contribution in [-0.2, 0) is 14.3 Å². The number of nitrogens with one attached hydrogen (secondary N) is 1. The molecule has 0 spiro atoms. The first-order valence-electron chi connectivity index (χ1n) is 5.99. The third kappa shape index (κ3) is 6.05. The molecule has 0 atom stereocenters. The molecule has 94 valence electrons. The molecule has 0 aromatic rings. The summed E-state index contributed by atoms with van der Waals surface area (Å²) >= 11 is 0. The van der Waals surface area contributed by atoms with Crippen molar-refractivity contribution in [2.24, 2.45) is 0 Å². The molecule has 0 aromatic carbocycles. The zero-order valence-corrected chi connectivity index (χ0v) is 10.0. The van der Waals surface area contributed by atoms with E-state index in [1.807, 2.05) is 0 Å². The quantitative estimate of drug-likeness (QED) is 0.508. The molecule has 0 bridgehead atoms. The van der Waals surface area contributed by atoms with Crippen molar-refractivity contribution in [2.75, 3.05) is 52.5 Å². The number of rotatable bonds is 6. The highest BCUT2D eigenvalue weighted by Crippen LogP contribution is 1.94. The molecule has 0 aromatic heterocycles. The zero-order chi connectivity index (χ0) is 11.6. The van der Waals surface area contributed by atoms with Crippen molar-refractivity contribution in [3.63, 3.8) is 0 Å². The highest BCUT2D eigenvalue weighted by molar-refractivity contribution is 5.70. The van der Waals surface area contributed by atoms with E-state index in [4.69, 9.17) is 9.47 Å². The summed E-state index contributed by atoms with van der Waals surface area (Å²) in [5, 5.41) is 3.35. The Bertz CT molecular complexity index is 192. The van der Waals surface area contributed by atoms with Gasteiger partial charge in [-0.3, -0.25) is 4.90 Å². The highest BCUT2D eigenvalue weighted by Gasteiger charge is 2.08. The summed E-state index contributed by atoms with van der Waals surface area (Å²) in [5.41, 5.74) is 0. The molecule has 0 unspecified atom stereocenters. The van der Waals surface area contributed by atoms with Crippen LogP contribution in [0.5, 0.6) is 0 Å². The Morgan fingerprint density at radius 2 is 2.25 bits per heavy atom. The van der Waals surface area contributed by atoms with E-state index < -0.39 is 0 Å². The standard InChI is InChI=1S/C11H22N2O3/c1-2-16-11(14)10-15-9-8-13-6-3-4-12-5-7-13/h12H,2-10H2,1H3. The maximum Gasteiger partial charge on any atom is 0.332 e. The van der Waals surface area contributed by atoms with Crippen molar-refractivity contribution in [3.8, 4) is 0 Å². The summed E-state index contributed by atoms with van der Waals surface area (Å²) < 4.78 is 10.0. The molecule has 5 heteroatoms. The fourth-order valence-electron chi connectivity index (χ4n) is 1.68. The van der Waals surface area contributed by atoms with E-state index >= 15 is 0 Å². The Kier molecular flexibility index (Phi) is 7.12. The summed E-state index contributed by atoms with van der Waals surface area (Å²) in [7, 11) is 0. The first kappa shape index (κ1) is 13.4. The number of ether oxygens (including phenoxy) is 2. The number of esters is 1. The van der Waals surface area contributed by atoms with Crippen LogP contribution in [0.15, 0.2) is 0 Å². The maximum atomic E-state index is 11.0. The molecule has 1 aliphatic heterocycles. The Hall–Kier alpha value is -0.650. The van der Waals surface area contributed by atoms with Gasteiger partial charge in [-0.05, 0) is 26.4 Å². The fourth-order valence-corrected chi connectivity index (χ4v) is 1.68. The van der Waals surface area contributed by atoms with E-state index in [0.717, 1.165) is 32.7 Å². The molecule has 1 aliphatic rings. The van der Waals surface area contributed by atoms with Crippen LogP contribution in [0.4, 0.5) is 0 Å². The molecule has 1 heterocycles. The maximum absolute atomic E-state index is 11.0. The third-order valence-electron chi connectivity index (χ3n) is 2.51. The highest BCUT2D eigenvalue weighted by atomic mass is 16.6. The molecule has 1 saturated heterocycles. The molecule has 16 heavy (non-hydrogen) atoms. The van der Waals surface area contributed by atoms with Crippen LogP contribution >= 0.6 is 0 Å².